The molecule has 0 saturated carbocycles. The summed E-state index contributed by atoms with van der Waals surface area (Å²) in [4.78, 5) is 0. The van der Waals surface area contributed by atoms with Gasteiger partial charge in [0.25, 0.3) is 0 Å². The second-order valence-corrected chi connectivity index (χ2v) is 7.24. The maximum Gasteiger partial charge on any atom is 0.0539 e. The van der Waals surface area contributed by atoms with Crippen LogP contribution in [0.3, 0.4) is 0 Å². The summed E-state index contributed by atoms with van der Waals surface area (Å²) in [5.41, 5.74) is 15.3. The molecule has 6 heteroatoms. The van der Waals surface area contributed by atoms with Gasteiger partial charge >= 0.3 is 0 Å². The molecule has 0 aliphatic carbocycles. The second-order valence-electron chi connectivity index (χ2n) is 3.70. The van der Waals surface area contributed by atoms with Crippen LogP contribution in [0.1, 0.15) is 0 Å². The van der Waals surface area contributed by atoms with Crippen LogP contribution in [-0.4, -0.2) is 0 Å². The van der Waals surface area contributed by atoms with Gasteiger partial charge in [-0.1, -0.05) is 31.9 Å². The predicted octanol–water partition coefficient (Wildman–Crippen LogP) is 5.57. The fraction of sp³-hybridized carbons (Fsp3) is 0. The number of nitrogen functional groups attached to an aromatic ring is 2. The van der Waals surface area contributed by atoms with Crippen molar-refractivity contribution in [1.82, 2.24) is 0 Å². The van der Waals surface area contributed by atoms with Gasteiger partial charge in [0.2, 0.25) is 0 Å². The van der Waals surface area contributed by atoms with Crippen molar-refractivity contribution in [2.24, 2.45) is 0 Å². The lowest BCUT2D eigenvalue weighted by Gasteiger charge is -2.13. The molecule has 2 aromatic carbocycles. The van der Waals surface area contributed by atoms with Gasteiger partial charge in [0, 0.05) is 29.0 Å². The zero-order chi connectivity index (χ0) is 13.4. The quantitative estimate of drug-likeness (QED) is 0.504. The highest BCUT2D eigenvalue weighted by molar-refractivity contribution is 9.11. The van der Waals surface area contributed by atoms with Crippen LogP contribution in [0.4, 0.5) is 11.4 Å². The Morgan fingerprint density at radius 1 is 0.611 bits per heavy atom. The van der Waals surface area contributed by atoms with E-state index in [1.807, 2.05) is 24.3 Å². The Kier molecular flexibility index (Phi) is 4.41. The van der Waals surface area contributed by atoms with Crippen molar-refractivity contribution in [3.63, 3.8) is 0 Å². The monoisotopic (exact) mass is 496 g/mol. The van der Waals surface area contributed by atoms with Gasteiger partial charge in [-0.25, -0.2) is 0 Å². The van der Waals surface area contributed by atoms with E-state index in [1.165, 1.54) is 0 Å². The molecule has 0 bridgehead atoms. The zero-order valence-corrected chi connectivity index (χ0v) is 15.3. The largest absolute Gasteiger partial charge is 0.397 e. The molecule has 0 unspecified atom stereocenters. The third-order valence-electron chi connectivity index (χ3n) is 2.48. The number of hydrogen-bond donors (Lipinski definition) is 2. The maximum absolute atomic E-state index is 6.10. The zero-order valence-electron chi connectivity index (χ0n) is 8.98. The van der Waals surface area contributed by atoms with Gasteiger partial charge in [0.15, 0.2) is 0 Å². The minimum absolute atomic E-state index is 0.662. The summed E-state index contributed by atoms with van der Waals surface area (Å²) in [6.45, 7) is 0. The number of nitrogens with two attached hydrogens (primary N) is 2. The van der Waals surface area contributed by atoms with Crippen LogP contribution in [0.5, 0.6) is 0 Å². The third-order valence-corrected chi connectivity index (χ3v) is 4.71. The number of rotatable bonds is 1. The van der Waals surface area contributed by atoms with Crippen molar-refractivity contribution in [1.29, 1.82) is 0 Å². The first-order valence-corrected chi connectivity index (χ1v) is 8.06. The molecule has 0 atom stereocenters. The minimum atomic E-state index is 0.662. The van der Waals surface area contributed by atoms with Gasteiger partial charge < -0.3 is 11.5 Å². The predicted molar refractivity (Wildman–Crippen MR) is 91.5 cm³/mol. The first-order valence-electron chi connectivity index (χ1n) is 4.89. The molecule has 2 rings (SSSR count). The molecule has 4 N–H and O–H groups in total. The molecule has 0 saturated heterocycles. The number of anilines is 2. The molecule has 0 radical (unpaired) electrons. The fourth-order valence-corrected chi connectivity index (χ4v) is 4.07. The van der Waals surface area contributed by atoms with Crippen molar-refractivity contribution in [3.05, 3.63) is 42.2 Å². The van der Waals surface area contributed by atoms with E-state index in [2.05, 4.69) is 63.7 Å². The van der Waals surface area contributed by atoms with Crippen molar-refractivity contribution in [2.45, 2.75) is 0 Å². The molecular formula is C12H8Br4N2. The van der Waals surface area contributed by atoms with E-state index < -0.39 is 0 Å². The summed E-state index contributed by atoms with van der Waals surface area (Å²) in [5, 5.41) is 0. The summed E-state index contributed by atoms with van der Waals surface area (Å²) in [5.74, 6) is 0. The Morgan fingerprint density at radius 3 is 1.28 bits per heavy atom. The standard InChI is InChI=1S/C12H8Br4N2/c13-5-1-7(11(17)9(15)3-5)8-2-6(14)4-10(16)12(8)18/h1-4H,17-18H2. The van der Waals surface area contributed by atoms with E-state index >= 15 is 0 Å². The molecule has 0 amide bonds. The molecule has 0 fully saturated rings. The Balaban J connectivity index is 2.77. The van der Waals surface area contributed by atoms with Gasteiger partial charge in [0.1, 0.15) is 0 Å². The Labute approximate surface area is 139 Å². The molecular weight excluding hydrogens is 492 g/mol. The van der Waals surface area contributed by atoms with Gasteiger partial charge in [-0.15, -0.1) is 0 Å². The van der Waals surface area contributed by atoms with Crippen LogP contribution in [-0.2, 0) is 0 Å². The first kappa shape index (κ1) is 14.4. The lowest BCUT2D eigenvalue weighted by molar-refractivity contribution is 1.52. The summed E-state index contributed by atoms with van der Waals surface area (Å²) >= 11 is 13.8. The molecule has 18 heavy (non-hydrogen) atoms. The van der Waals surface area contributed by atoms with Crippen LogP contribution in [0.15, 0.2) is 42.2 Å². The van der Waals surface area contributed by atoms with E-state index in [9.17, 15) is 0 Å². The minimum Gasteiger partial charge on any atom is -0.397 e. The topological polar surface area (TPSA) is 52.0 Å². The normalized spacial score (nSPS) is 10.7. The molecule has 2 aromatic rings. The average molecular weight is 500 g/mol. The SMILES string of the molecule is Nc1c(Br)cc(Br)cc1-c1cc(Br)cc(Br)c1N. The van der Waals surface area contributed by atoms with Gasteiger partial charge in [-0.3, -0.25) is 0 Å². The summed E-state index contributed by atoms with van der Waals surface area (Å²) < 4.78 is 3.55. The van der Waals surface area contributed by atoms with E-state index in [-0.39, 0.29) is 0 Å². The molecule has 0 aromatic heterocycles. The van der Waals surface area contributed by atoms with Gasteiger partial charge in [-0.2, -0.15) is 0 Å². The Bertz CT molecular complexity index is 570. The van der Waals surface area contributed by atoms with Crippen molar-refractivity contribution in [3.8, 4) is 11.1 Å². The second kappa shape index (κ2) is 5.53. The fourth-order valence-electron chi connectivity index (χ4n) is 1.62. The van der Waals surface area contributed by atoms with Crippen LogP contribution in [0.2, 0.25) is 0 Å². The highest BCUT2D eigenvalue weighted by atomic mass is 79.9. The molecule has 94 valence electrons. The van der Waals surface area contributed by atoms with Crippen LogP contribution in [0.25, 0.3) is 11.1 Å². The number of halogens is 4. The Morgan fingerprint density at radius 2 is 0.944 bits per heavy atom. The van der Waals surface area contributed by atoms with Crippen molar-refractivity contribution >= 4 is 75.1 Å². The van der Waals surface area contributed by atoms with E-state index in [4.69, 9.17) is 11.5 Å². The summed E-state index contributed by atoms with van der Waals surface area (Å²) in [7, 11) is 0. The van der Waals surface area contributed by atoms with Gasteiger partial charge in [-0.05, 0) is 56.1 Å². The van der Waals surface area contributed by atoms with Crippen molar-refractivity contribution < 1.29 is 0 Å². The van der Waals surface area contributed by atoms with Gasteiger partial charge in [0.05, 0.1) is 11.4 Å². The number of hydrogen-bond acceptors (Lipinski definition) is 2. The first-order chi connectivity index (χ1) is 8.40. The van der Waals surface area contributed by atoms with Crippen LogP contribution >= 0.6 is 63.7 Å². The maximum atomic E-state index is 6.10. The van der Waals surface area contributed by atoms with E-state index in [0.717, 1.165) is 29.0 Å². The molecule has 2 nitrogen and oxygen atoms in total. The Hall–Kier alpha value is -0.0400. The molecule has 0 heterocycles. The van der Waals surface area contributed by atoms with E-state index in [1.54, 1.807) is 0 Å². The number of benzene rings is 2. The summed E-state index contributed by atoms with van der Waals surface area (Å²) in [6.07, 6.45) is 0. The van der Waals surface area contributed by atoms with Crippen molar-refractivity contribution in [2.75, 3.05) is 11.5 Å². The molecule has 0 aliphatic heterocycles. The third kappa shape index (κ3) is 2.76. The average Bonchev–Trinajstić information content (AvgIpc) is 2.28. The molecule has 0 spiro atoms. The smallest absolute Gasteiger partial charge is 0.0539 e. The summed E-state index contributed by atoms with van der Waals surface area (Å²) in [6, 6.07) is 7.71. The highest BCUT2D eigenvalue weighted by Crippen LogP contribution is 2.41. The lowest BCUT2D eigenvalue weighted by atomic mass is 10.0. The highest BCUT2D eigenvalue weighted by Gasteiger charge is 2.13. The van der Waals surface area contributed by atoms with Crippen LogP contribution in [0, 0.1) is 0 Å². The lowest BCUT2D eigenvalue weighted by Crippen LogP contribution is -1.97. The van der Waals surface area contributed by atoms with E-state index in [0.29, 0.717) is 11.4 Å². The molecule has 0 aliphatic rings. The van der Waals surface area contributed by atoms with Crippen LogP contribution < -0.4 is 11.5 Å².